The molecular weight excluding hydrogens is 292 g/mol. The van der Waals surface area contributed by atoms with Crippen molar-refractivity contribution in [2.45, 2.75) is 58.1 Å². The van der Waals surface area contributed by atoms with Crippen LogP contribution in [0.25, 0.3) is 11.0 Å². The highest BCUT2D eigenvalue weighted by molar-refractivity contribution is 5.92. The van der Waals surface area contributed by atoms with E-state index in [0.717, 1.165) is 49.0 Å². The minimum absolute atomic E-state index is 0.0102. The summed E-state index contributed by atoms with van der Waals surface area (Å²) in [4.78, 5) is 16.5. The summed E-state index contributed by atoms with van der Waals surface area (Å²) < 4.78 is 7.47. The second kappa shape index (κ2) is 7.08. The average molecular weight is 316 g/mol. The lowest BCUT2D eigenvalue weighted by Crippen LogP contribution is -2.15. The van der Waals surface area contributed by atoms with Gasteiger partial charge in [-0.05, 0) is 38.7 Å². The molecular formula is C17H24N4O2. The monoisotopic (exact) mass is 316 g/mol. The summed E-state index contributed by atoms with van der Waals surface area (Å²) in [5.41, 5.74) is 1.58. The van der Waals surface area contributed by atoms with Gasteiger partial charge < -0.3 is 10.1 Å². The van der Waals surface area contributed by atoms with E-state index in [-0.39, 0.29) is 12.0 Å². The van der Waals surface area contributed by atoms with Crippen LogP contribution in [0.1, 0.15) is 52.0 Å². The van der Waals surface area contributed by atoms with Gasteiger partial charge >= 0.3 is 0 Å². The molecule has 0 aromatic carbocycles. The van der Waals surface area contributed by atoms with Crippen LogP contribution in [-0.4, -0.2) is 33.4 Å². The van der Waals surface area contributed by atoms with E-state index in [4.69, 9.17) is 4.74 Å². The van der Waals surface area contributed by atoms with Crippen LogP contribution in [0.3, 0.4) is 0 Å². The van der Waals surface area contributed by atoms with Gasteiger partial charge in [0.1, 0.15) is 0 Å². The second-order valence-corrected chi connectivity index (χ2v) is 6.21. The van der Waals surface area contributed by atoms with E-state index in [9.17, 15) is 4.79 Å². The molecule has 1 aliphatic heterocycles. The molecule has 2 aromatic heterocycles. The fraction of sp³-hybridized carbons (Fsp3) is 0.588. The van der Waals surface area contributed by atoms with Crippen molar-refractivity contribution < 1.29 is 9.53 Å². The Morgan fingerprint density at radius 3 is 3.13 bits per heavy atom. The van der Waals surface area contributed by atoms with Crippen LogP contribution in [0.2, 0.25) is 0 Å². The fourth-order valence-corrected chi connectivity index (χ4v) is 2.89. The van der Waals surface area contributed by atoms with Crippen LogP contribution in [0.5, 0.6) is 0 Å². The summed E-state index contributed by atoms with van der Waals surface area (Å²) in [6.07, 6.45) is 8.18. The van der Waals surface area contributed by atoms with Gasteiger partial charge in [0.2, 0.25) is 5.91 Å². The van der Waals surface area contributed by atoms with Crippen molar-refractivity contribution in [2.75, 3.05) is 11.9 Å². The van der Waals surface area contributed by atoms with Crippen molar-refractivity contribution in [3.8, 4) is 0 Å². The molecule has 6 heteroatoms. The lowest BCUT2D eigenvalue weighted by molar-refractivity contribution is -0.116. The van der Waals surface area contributed by atoms with Crippen molar-refractivity contribution in [3.05, 3.63) is 18.5 Å². The summed E-state index contributed by atoms with van der Waals surface area (Å²) in [5, 5.41) is 8.26. The third-order valence-electron chi connectivity index (χ3n) is 4.44. The molecule has 1 fully saturated rings. The minimum atomic E-state index is 0.0102. The van der Waals surface area contributed by atoms with E-state index in [1.54, 1.807) is 12.4 Å². The molecule has 2 unspecified atom stereocenters. The molecule has 0 bridgehead atoms. The first-order valence-corrected chi connectivity index (χ1v) is 8.42. The summed E-state index contributed by atoms with van der Waals surface area (Å²) in [6, 6.07) is 2.24. The lowest BCUT2D eigenvalue weighted by atomic mass is 10.1. The Morgan fingerprint density at radius 2 is 2.39 bits per heavy atom. The third-order valence-corrected chi connectivity index (χ3v) is 4.44. The standard InChI is InChI=1S/C17H24N4O2/c1-3-12(2)21-17-13(10-19-21)9-14(11-18-17)20-16(22)7-6-15-5-4-8-23-15/h9-12,15H,3-8H2,1-2H3,(H,20,22). The molecule has 1 saturated heterocycles. The largest absolute Gasteiger partial charge is 0.378 e. The molecule has 0 radical (unpaired) electrons. The highest BCUT2D eigenvalue weighted by atomic mass is 16.5. The maximum Gasteiger partial charge on any atom is 0.224 e. The fourth-order valence-electron chi connectivity index (χ4n) is 2.89. The Balaban J connectivity index is 1.62. The van der Waals surface area contributed by atoms with Crippen molar-refractivity contribution in [3.63, 3.8) is 0 Å². The van der Waals surface area contributed by atoms with Gasteiger partial charge in [-0.15, -0.1) is 0 Å². The van der Waals surface area contributed by atoms with Crippen molar-refractivity contribution in [2.24, 2.45) is 0 Å². The van der Waals surface area contributed by atoms with Gasteiger partial charge in [0.25, 0.3) is 0 Å². The van der Waals surface area contributed by atoms with Crippen LogP contribution < -0.4 is 5.32 Å². The Morgan fingerprint density at radius 1 is 1.52 bits per heavy atom. The van der Waals surface area contributed by atoms with Crippen LogP contribution >= 0.6 is 0 Å². The molecule has 6 nitrogen and oxygen atoms in total. The number of hydrogen-bond donors (Lipinski definition) is 1. The maximum atomic E-state index is 12.0. The molecule has 3 heterocycles. The molecule has 1 amide bonds. The number of aromatic nitrogens is 3. The molecule has 2 aromatic rings. The van der Waals surface area contributed by atoms with E-state index < -0.39 is 0 Å². The number of nitrogens with zero attached hydrogens (tertiary/aromatic N) is 3. The second-order valence-electron chi connectivity index (χ2n) is 6.21. The number of pyridine rings is 1. The normalized spacial score (nSPS) is 19.1. The molecule has 3 rings (SSSR count). The summed E-state index contributed by atoms with van der Waals surface area (Å²) in [6.45, 7) is 5.07. The van der Waals surface area contributed by atoms with Gasteiger partial charge in [0.15, 0.2) is 5.65 Å². The van der Waals surface area contributed by atoms with Crippen molar-refractivity contribution in [1.29, 1.82) is 0 Å². The van der Waals surface area contributed by atoms with Crippen LogP contribution in [0.4, 0.5) is 5.69 Å². The Hall–Kier alpha value is -1.95. The molecule has 1 aliphatic rings. The quantitative estimate of drug-likeness (QED) is 0.888. The van der Waals surface area contributed by atoms with Gasteiger partial charge in [-0.25, -0.2) is 9.67 Å². The van der Waals surface area contributed by atoms with Gasteiger partial charge in [-0.1, -0.05) is 6.92 Å². The number of anilines is 1. The highest BCUT2D eigenvalue weighted by Gasteiger charge is 2.17. The Bertz CT molecular complexity index is 676. The summed E-state index contributed by atoms with van der Waals surface area (Å²) in [5.74, 6) is 0.0102. The van der Waals surface area contributed by atoms with E-state index >= 15 is 0 Å². The molecule has 23 heavy (non-hydrogen) atoms. The number of ether oxygens (including phenoxy) is 1. The molecule has 2 atom stereocenters. The van der Waals surface area contributed by atoms with Crippen molar-refractivity contribution in [1.82, 2.24) is 14.8 Å². The minimum Gasteiger partial charge on any atom is -0.378 e. The van der Waals surface area contributed by atoms with Crippen LogP contribution in [-0.2, 0) is 9.53 Å². The van der Waals surface area contributed by atoms with E-state index in [2.05, 4.69) is 29.2 Å². The number of hydrogen-bond acceptors (Lipinski definition) is 4. The molecule has 1 N–H and O–H groups in total. The number of fused-ring (bicyclic) bond motifs is 1. The molecule has 124 valence electrons. The zero-order chi connectivity index (χ0) is 16.2. The average Bonchev–Trinajstić information content (AvgIpc) is 3.21. The zero-order valence-electron chi connectivity index (χ0n) is 13.8. The number of amides is 1. The molecule has 0 saturated carbocycles. The first kappa shape index (κ1) is 15.9. The Labute approximate surface area is 136 Å². The summed E-state index contributed by atoms with van der Waals surface area (Å²) in [7, 11) is 0. The number of rotatable bonds is 6. The lowest BCUT2D eigenvalue weighted by Gasteiger charge is -2.11. The van der Waals surface area contributed by atoms with E-state index in [1.165, 1.54) is 0 Å². The predicted octanol–water partition coefficient (Wildman–Crippen LogP) is 3.30. The summed E-state index contributed by atoms with van der Waals surface area (Å²) >= 11 is 0. The maximum absolute atomic E-state index is 12.0. The Kier molecular flexibility index (Phi) is 4.91. The number of carbonyl (C=O) groups excluding carboxylic acids is 1. The number of nitrogens with one attached hydrogen (secondary N) is 1. The first-order chi connectivity index (χ1) is 11.2. The van der Waals surface area contributed by atoms with Crippen LogP contribution in [0.15, 0.2) is 18.5 Å². The first-order valence-electron chi connectivity index (χ1n) is 8.42. The van der Waals surface area contributed by atoms with Gasteiger partial charge in [-0.3, -0.25) is 4.79 Å². The third kappa shape index (κ3) is 3.69. The van der Waals surface area contributed by atoms with Crippen molar-refractivity contribution >= 4 is 22.6 Å². The highest BCUT2D eigenvalue weighted by Crippen LogP contribution is 2.21. The van der Waals surface area contributed by atoms with Gasteiger partial charge in [0, 0.05) is 18.4 Å². The smallest absolute Gasteiger partial charge is 0.224 e. The zero-order valence-corrected chi connectivity index (χ0v) is 13.8. The number of carbonyl (C=O) groups is 1. The van der Waals surface area contributed by atoms with Gasteiger partial charge in [0.05, 0.1) is 30.2 Å². The topological polar surface area (TPSA) is 69.0 Å². The van der Waals surface area contributed by atoms with E-state index in [0.29, 0.717) is 12.5 Å². The van der Waals surface area contributed by atoms with E-state index in [1.807, 2.05) is 10.7 Å². The predicted molar refractivity (Wildman–Crippen MR) is 89.4 cm³/mol. The molecule has 0 aliphatic carbocycles. The molecule has 0 spiro atoms. The van der Waals surface area contributed by atoms with Crippen LogP contribution in [0, 0.1) is 0 Å². The SMILES string of the molecule is CCC(C)n1ncc2cc(NC(=O)CCC3CCCO3)cnc21. The van der Waals surface area contributed by atoms with Gasteiger partial charge in [-0.2, -0.15) is 5.10 Å².